The molecule has 0 aliphatic rings. The smallest absolute Gasteiger partial charge is 0.242 e. The fourth-order valence-corrected chi connectivity index (χ4v) is 4.16. The van der Waals surface area contributed by atoms with Gasteiger partial charge in [-0.3, -0.25) is 0 Å². The molecule has 0 spiro atoms. The molecule has 0 fully saturated rings. The highest BCUT2D eigenvalue weighted by Crippen LogP contribution is 2.31. The summed E-state index contributed by atoms with van der Waals surface area (Å²) in [4.78, 5) is -0.0535. The van der Waals surface area contributed by atoms with Crippen LogP contribution < -0.4 is 4.72 Å². The molecule has 1 unspecified atom stereocenters. The first-order valence-corrected chi connectivity index (χ1v) is 8.71. The van der Waals surface area contributed by atoms with E-state index in [9.17, 15) is 13.5 Å². The fraction of sp³-hybridized carbons (Fsp3) is 0.538. The maximum atomic E-state index is 12.4. The first kappa shape index (κ1) is 17.7. The van der Waals surface area contributed by atoms with Crippen LogP contribution >= 0.6 is 23.2 Å². The van der Waals surface area contributed by atoms with Gasteiger partial charge < -0.3 is 5.11 Å². The molecule has 4 nitrogen and oxygen atoms in total. The molecule has 0 aliphatic heterocycles. The van der Waals surface area contributed by atoms with Crippen LogP contribution in [0.4, 0.5) is 0 Å². The molecule has 0 aromatic heterocycles. The summed E-state index contributed by atoms with van der Waals surface area (Å²) >= 11 is 11.9. The number of nitrogens with one attached hydrogen (secondary N) is 1. The minimum absolute atomic E-state index is 0.0288. The Morgan fingerprint density at radius 2 is 1.95 bits per heavy atom. The molecule has 1 rings (SSSR count). The standard InChI is InChI=1S/C13H19Cl2NO3S/c1-3-5-9(4-2)16-20(18,19)12-7-6-11(14)10(8-17)13(12)15/h6-7,9,16-17H,3-5,8H2,1-2H3. The second-order valence-electron chi connectivity index (χ2n) is 4.51. The molecule has 2 N–H and O–H groups in total. The minimum Gasteiger partial charge on any atom is -0.392 e. The Morgan fingerprint density at radius 1 is 1.30 bits per heavy atom. The molecule has 0 aliphatic carbocycles. The summed E-state index contributed by atoms with van der Waals surface area (Å²) in [6, 6.07) is 2.65. The predicted molar refractivity (Wildman–Crippen MR) is 81.7 cm³/mol. The zero-order chi connectivity index (χ0) is 15.3. The molecule has 114 valence electrons. The van der Waals surface area contributed by atoms with Crippen LogP contribution in [0.15, 0.2) is 17.0 Å². The van der Waals surface area contributed by atoms with E-state index in [0.717, 1.165) is 12.8 Å². The van der Waals surface area contributed by atoms with Crippen molar-refractivity contribution >= 4 is 33.2 Å². The van der Waals surface area contributed by atoms with Gasteiger partial charge in [0.15, 0.2) is 0 Å². The van der Waals surface area contributed by atoms with Crippen LogP contribution in [0.5, 0.6) is 0 Å². The van der Waals surface area contributed by atoms with E-state index >= 15 is 0 Å². The molecule has 20 heavy (non-hydrogen) atoms. The number of benzene rings is 1. The lowest BCUT2D eigenvalue weighted by Gasteiger charge is -2.17. The van der Waals surface area contributed by atoms with Gasteiger partial charge in [-0.2, -0.15) is 0 Å². The Kier molecular flexibility index (Phi) is 6.75. The molecule has 0 radical (unpaired) electrons. The lowest BCUT2D eigenvalue weighted by Crippen LogP contribution is -2.34. The van der Waals surface area contributed by atoms with Crippen molar-refractivity contribution in [2.75, 3.05) is 0 Å². The van der Waals surface area contributed by atoms with Crippen LogP contribution in [-0.4, -0.2) is 19.6 Å². The second-order valence-corrected chi connectivity index (χ2v) is 6.98. The normalized spacial score (nSPS) is 13.4. The summed E-state index contributed by atoms with van der Waals surface area (Å²) < 4.78 is 27.3. The van der Waals surface area contributed by atoms with E-state index in [4.69, 9.17) is 23.2 Å². The Bertz CT molecular complexity index is 561. The summed E-state index contributed by atoms with van der Waals surface area (Å²) in [5, 5.41) is 9.44. The van der Waals surface area contributed by atoms with Crippen LogP contribution in [-0.2, 0) is 16.6 Å². The van der Waals surface area contributed by atoms with Crippen molar-refractivity contribution in [3.8, 4) is 0 Å². The molecule has 1 aromatic rings. The summed E-state index contributed by atoms with van der Waals surface area (Å²) in [5.74, 6) is 0. The third-order valence-electron chi connectivity index (χ3n) is 3.05. The summed E-state index contributed by atoms with van der Waals surface area (Å²) in [6.45, 7) is 3.51. The minimum atomic E-state index is -3.73. The molecule has 0 bridgehead atoms. The van der Waals surface area contributed by atoms with Crippen LogP contribution in [0.25, 0.3) is 0 Å². The van der Waals surface area contributed by atoms with Crippen LogP contribution in [0.2, 0.25) is 10.0 Å². The molecular formula is C13H19Cl2NO3S. The van der Waals surface area contributed by atoms with Gasteiger partial charge in [-0.15, -0.1) is 0 Å². The van der Waals surface area contributed by atoms with E-state index in [-0.39, 0.29) is 26.5 Å². The Balaban J connectivity index is 3.16. The number of sulfonamides is 1. The average Bonchev–Trinajstić information content (AvgIpc) is 2.38. The summed E-state index contributed by atoms with van der Waals surface area (Å²) in [7, 11) is -3.73. The topological polar surface area (TPSA) is 66.4 Å². The van der Waals surface area contributed by atoms with E-state index in [1.165, 1.54) is 12.1 Å². The van der Waals surface area contributed by atoms with E-state index < -0.39 is 16.6 Å². The first-order valence-electron chi connectivity index (χ1n) is 6.47. The van der Waals surface area contributed by atoms with E-state index in [1.54, 1.807) is 0 Å². The highest BCUT2D eigenvalue weighted by atomic mass is 35.5. The van der Waals surface area contributed by atoms with Gasteiger partial charge in [0.2, 0.25) is 10.0 Å². The summed E-state index contributed by atoms with van der Waals surface area (Å²) in [5.41, 5.74) is 0.222. The number of aliphatic hydroxyl groups excluding tert-OH is 1. The van der Waals surface area contributed by atoms with Crippen molar-refractivity contribution in [1.82, 2.24) is 4.72 Å². The SMILES string of the molecule is CCCC(CC)NS(=O)(=O)c1ccc(Cl)c(CO)c1Cl. The molecule has 0 saturated heterocycles. The van der Waals surface area contributed by atoms with Gasteiger partial charge >= 0.3 is 0 Å². The van der Waals surface area contributed by atoms with Crippen molar-refractivity contribution in [2.24, 2.45) is 0 Å². The van der Waals surface area contributed by atoms with E-state index in [0.29, 0.717) is 6.42 Å². The first-order chi connectivity index (χ1) is 9.37. The van der Waals surface area contributed by atoms with Crippen LogP contribution in [0.3, 0.4) is 0 Å². The van der Waals surface area contributed by atoms with E-state index in [1.807, 2.05) is 13.8 Å². The highest BCUT2D eigenvalue weighted by Gasteiger charge is 2.23. The Hall–Kier alpha value is -0.330. The molecule has 1 aromatic carbocycles. The van der Waals surface area contributed by atoms with Crippen molar-refractivity contribution < 1.29 is 13.5 Å². The van der Waals surface area contributed by atoms with Gasteiger partial charge in [-0.05, 0) is 25.0 Å². The Morgan fingerprint density at radius 3 is 2.45 bits per heavy atom. The number of aliphatic hydroxyl groups is 1. The lowest BCUT2D eigenvalue weighted by molar-refractivity contribution is 0.281. The number of hydrogen-bond acceptors (Lipinski definition) is 3. The van der Waals surface area contributed by atoms with Crippen LogP contribution in [0, 0.1) is 0 Å². The number of halogens is 2. The van der Waals surface area contributed by atoms with Gasteiger partial charge in [0.05, 0.1) is 11.6 Å². The second kappa shape index (κ2) is 7.61. The van der Waals surface area contributed by atoms with E-state index in [2.05, 4.69) is 4.72 Å². The maximum absolute atomic E-state index is 12.4. The molecule has 7 heteroatoms. The van der Waals surface area contributed by atoms with Crippen molar-refractivity contribution in [3.05, 3.63) is 27.7 Å². The van der Waals surface area contributed by atoms with Gasteiger partial charge in [-0.25, -0.2) is 13.1 Å². The predicted octanol–water partition coefficient (Wildman–Crippen LogP) is 3.34. The van der Waals surface area contributed by atoms with Gasteiger partial charge in [0, 0.05) is 16.6 Å². The molecule has 0 heterocycles. The van der Waals surface area contributed by atoms with Gasteiger partial charge in [0.1, 0.15) is 4.90 Å². The fourth-order valence-electron chi connectivity index (χ4n) is 1.91. The van der Waals surface area contributed by atoms with Gasteiger partial charge in [0.25, 0.3) is 0 Å². The maximum Gasteiger partial charge on any atom is 0.242 e. The van der Waals surface area contributed by atoms with Crippen molar-refractivity contribution in [3.63, 3.8) is 0 Å². The Labute approximate surface area is 130 Å². The highest BCUT2D eigenvalue weighted by molar-refractivity contribution is 7.89. The molecule has 1 atom stereocenters. The zero-order valence-corrected chi connectivity index (χ0v) is 13.8. The molecule has 0 saturated carbocycles. The quantitative estimate of drug-likeness (QED) is 0.800. The average molecular weight is 340 g/mol. The van der Waals surface area contributed by atoms with Crippen molar-refractivity contribution in [2.45, 2.75) is 50.7 Å². The zero-order valence-electron chi connectivity index (χ0n) is 11.5. The summed E-state index contributed by atoms with van der Waals surface area (Å²) in [6.07, 6.45) is 2.34. The third-order valence-corrected chi connectivity index (χ3v) is 5.51. The van der Waals surface area contributed by atoms with Crippen LogP contribution in [0.1, 0.15) is 38.7 Å². The van der Waals surface area contributed by atoms with Gasteiger partial charge in [-0.1, -0.05) is 43.5 Å². The monoisotopic (exact) mass is 339 g/mol. The number of rotatable bonds is 7. The lowest BCUT2D eigenvalue weighted by atomic mass is 10.1. The molecular weight excluding hydrogens is 321 g/mol. The largest absolute Gasteiger partial charge is 0.392 e. The molecule has 0 amide bonds. The number of hydrogen-bond donors (Lipinski definition) is 2. The third kappa shape index (κ3) is 4.09. The van der Waals surface area contributed by atoms with Crippen molar-refractivity contribution in [1.29, 1.82) is 0 Å².